The number of alkyl halides is 6. The van der Waals surface area contributed by atoms with Crippen LogP contribution in [0.3, 0.4) is 0 Å². The van der Waals surface area contributed by atoms with Crippen molar-refractivity contribution in [2.75, 3.05) is 0 Å². The lowest BCUT2D eigenvalue weighted by atomic mass is 9.89. The average Bonchev–Trinajstić information content (AvgIpc) is 2.25. The normalized spacial score (nSPS) is 15.9. The second-order valence-corrected chi connectivity index (χ2v) is 3.69. The van der Waals surface area contributed by atoms with Crippen LogP contribution >= 0.6 is 0 Å². The molecule has 0 aliphatic carbocycles. The van der Waals surface area contributed by atoms with Gasteiger partial charge in [0.05, 0.1) is 5.56 Å². The quantitative estimate of drug-likeness (QED) is 0.821. The molecule has 1 rings (SSSR count). The van der Waals surface area contributed by atoms with Gasteiger partial charge in [0.2, 0.25) is 5.54 Å². The largest absolute Gasteiger partial charge is 0.479 e. The Morgan fingerprint density at radius 3 is 1.58 bits per heavy atom. The van der Waals surface area contributed by atoms with E-state index in [4.69, 9.17) is 10.8 Å². The number of nitrogens with two attached hydrogens (primary N) is 1. The first kappa shape index (κ1) is 15.3. The van der Waals surface area contributed by atoms with Gasteiger partial charge in [0.1, 0.15) is 0 Å². The van der Waals surface area contributed by atoms with Crippen LogP contribution in [0.15, 0.2) is 24.3 Å². The fourth-order valence-electron chi connectivity index (χ4n) is 1.33. The maximum Gasteiger partial charge on any atom is 0.421 e. The molecule has 1 unspecified atom stereocenters. The Labute approximate surface area is 102 Å². The Bertz CT molecular complexity index is 478. The van der Waals surface area contributed by atoms with Crippen LogP contribution < -0.4 is 5.73 Å². The summed E-state index contributed by atoms with van der Waals surface area (Å²) in [4.78, 5) is 10.7. The van der Waals surface area contributed by atoms with Crippen molar-refractivity contribution in [1.82, 2.24) is 0 Å². The van der Waals surface area contributed by atoms with Crippen LogP contribution in [0.4, 0.5) is 26.3 Å². The van der Waals surface area contributed by atoms with E-state index in [0.29, 0.717) is 24.3 Å². The summed E-state index contributed by atoms with van der Waals surface area (Å²) in [5.74, 6) is -2.40. The Morgan fingerprint density at radius 2 is 1.32 bits per heavy atom. The smallest absolute Gasteiger partial charge is 0.421 e. The topological polar surface area (TPSA) is 63.3 Å². The zero-order valence-corrected chi connectivity index (χ0v) is 9.01. The fraction of sp³-hybridized carbons (Fsp3) is 0.300. The number of benzene rings is 1. The van der Waals surface area contributed by atoms with E-state index >= 15 is 0 Å². The fourth-order valence-corrected chi connectivity index (χ4v) is 1.33. The standard InChI is InChI=1S/C10H7F6NO2/c11-9(12,13)6-3-1-5(2-4-6)8(17,7(18)19)10(14,15)16/h1-4H,17H2,(H,18,19). The molecule has 0 aromatic heterocycles. The molecule has 0 amide bonds. The van der Waals surface area contributed by atoms with Gasteiger partial charge in [-0.2, -0.15) is 26.3 Å². The summed E-state index contributed by atoms with van der Waals surface area (Å²) in [6.07, 6.45) is -10.1. The highest BCUT2D eigenvalue weighted by Crippen LogP contribution is 2.38. The number of carbonyl (C=O) groups is 1. The first-order valence-corrected chi connectivity index (χ1v) is 4.67. The van der Waals surface area contributed by atoms with Gasteiger partial charge in [-0.25, -0.2) is 4.79 Å². The molecule has 0 aliphatic heterocycles. The lowest BCUT2D eigenvalue weighted by Crippen LogP contribution is -2.56. The number of hydrogen-bond donors (Lipinski definition) is 2. The third-order valence-corrected chi connectivity index (χ3v) is 2.45. The van der Waals surface area contributed by atoms with Gasteiger partial charge in [0, 0.05) is 0 Å². The first-order chi connectivity index (χ1) is 8.40. The first-order valence-electron chi connectivity index (χ1n) is 4.67. The van der Waals surface area contributed by atoms with Crippen LogP contribution in [0, 0.1) is 0 Å². The SMILES string of the molecule is NC(C(=O)O)(c1ccc(C(F)(F)F)cc1)C(F)(F)F. The molecule has 0 saturated carbocycles. The molecule has 106 valence electrons. The van der Waals surface area contributed by atoms with Gasteiger partial charge in [-0.3, -0.25) is 0 Å². The van der Waals surface area contributed by atoms with Gasteiger partial charge < -0.3 is 10.8 Å². The van der Waals surface area contributed by atoms with Crippen molar-refractivity contribution in [3.63, 3.8) is 0 Å². The Morgan fingerprint density at radius 1 is 0.947 bits per heavy atom. The van der Waals surface area contributed by atoms with Gasteiger partial charge >= 0.3 is 18.3 Å². The number of carboxylic acid groups (broad SMARTS) is 1. The van der Waals surface area contributed by atoms with E-state index in [1.807, 2.05) is 0 Å². The van der Waals surface area contributed by atoms with Gasteiger partial charge in [0.25, 0.3) is 0 Å². The third-order valence-electron chi connectivity index (χ3n) is 2.45. The Hall–Kier alpha value is -1.77. The molecule has 1 atom stereocenters. The van der Waals surface area contributed by atoms with Gasteiger partial charge in [-0.15, -0.1) is 0 Å². The molecule has 19 heavy (non-hydrogen) atoms. The summed E-state index contributed by atoms with van der Waals surface area (Å²) in [5, 5.41) is 8.58. The Balaban J connectivity index is 3.32. The second-order valence-electron chi connectivity index (χ2n) is 3.69. The number of hydrogen-bond acceptors (Lipinski definition) is 2. The van der Waals surface area contributed by atoms with Crippen molar-refractivity contribution in [3.8, 4) is 0 Å². The molecule has 1 aromatic carbocycles. The minimum atomic E-state index is -5.35. The van der Waals surface area contributed by atoms with Crippen LogP contribution in [-0.4, -0.2) is 17.3 Å². The monoisotopic (exact) mass is 287 g/mol. The van der Waals surface area contributed by atoms with E-state index in [-0.39, 0.29) is 0 Å². The van der Waals surface area contributed by atoms with Gasteiger partial charge in [-0.05, 0) is 17.7 Å². The molecule has 0 aliphatic rings. The van der Waals surface area contributed by atoms with Crippen molar-refractivity contribution in [2.24, 2.45) is 5.73 Å². The number of rotatable bonds is 2. The third kappa shape index (κ3) is 2.65. The summed E-state index contributed by atoms with van der Waals surface area (Å²) in [6, 6.07) is 1.46. The highest BCUT2D eigenvalue weighted by molar-refractivity contribution is 5.81. The van der Waals surface area contributed by atoms with Crippen LogP contribution in [-0.2, 0) is 16.5 Å². The van der Waals surface area contributed by atoms with Crippen LogP contribution in [0.1, 0.15) is 11.1 Å². The van der Waals surface area contributed by atoms with Crippen molar-refractivity contribution in [3.05, 3.63) is 35.4 Å². The van der Waals surface area contributed by atoms with Gasteiger partial charge in [0.15, 0.2) is 0 Å². The van der Waals surface area contributed by atoms with Crippen molar-refractivity contribution < 1.29 is 36.2 Å². The van der Waals surface area contributed by atoms with Crippen molar-refractivity contribution in [1.29, 1.82) is 0 Å². The molecule has 0 saturated heterocycles. The molecule has 1 aromatic rings. The molecular weight excluding hydrogens is 280 g/mol. The molecule has 3 N–H and O–H groups in total. The molecule has 0 heterocycles. The zero-order valence-electron chi connectivity index (χ0n) is 9.01. The van der Waals surface area contributed by atoms with Gasteiger partial charge in [-0.1, -0.05) is 12.1 Å². The van der Waals surface area contributed by atoms with E-state index in [9.17, 15) is 31.1 Å². The maximum atomic E-state index is 12.6. The molecule has 0 bridgehead atoms. The van der Waals surface area contributed by atoms with Crippen LogP contribution in [0.2, 0.25) is 0 Å². The lowest BCUT2D eigenvalue weighted by molar-refractivity contribution is -0.204. The molecule has 9 heteroatoms. The summed E-state index contributed by atoms with van der Waals surface area (Å²) >= 11 is 0. The zero-order chi connectivity index (χ0) is 15.1. The highest BCUT2D eigenvalue weighted by Gasteiger charge is 2.59. The average molecular weight is 287 g/mol. The molecule has 0 radical (unpaired) electrons. The van der Waals surface area contributed by atoms with Crippen molar-refractivity contribution in [2.45, 2.75) is 17.9 Å². The van der Waals surface area contributed by atoms with Crippen LogP contribution in [0.5, 0.6) is 0 Å². The van der Waals surface area contributed by atoms with E-state index < -0.39 is 35.0 Å². The molecule has 0 fully saturated rings. The minimum absolute atomic E-state index is 0.339. The number of carboxylic acids is 1. The molecular formula is C10H7F6NO2. The summed E-state index contributed by atoms with van der Waals surface area (Å²) in [5.41, 5.74) is -1.15. The Kier molecular flexibility index (Phi) is 3.55. The minimum Gasteiger partial charge on any atom is -0.479 e. The van der Waals surface area contributed by atoms with E-state index in [1.54, 1.807) is 0 Å². The maximum absolute atomic E-state index is 12.6. The van der Waals surface area contributed by atoms with E-state index in [0.717, 1.165) is 0 Å². The summed E-state index contributed by atoms with van der Waals surface area (Å²) < 4.78 is 74.7. The molecule has 0 spiro atoms. The van der Waals surface area contributed by atoms with E-state index in [2.05, 4.69) is 0 Å². The lowest BCUT2D eigenvalue weighted by Gasteiger charge is -2.27. The predicted molar refractivity (Wildman–Crippen MR) is 51.0 cm³/mol. The molecule has 3 nitrogen and oxygen atoms in total. The summed E-state index contributed by atoms with van der Waals surface area (Å²) in [7, 11) is 0. The highest BCUT2D eigenvalue weighted by atomic mass is 19.4. The van der Waals surface area contributed by atoms with E-state index in [1.165, 1.54) is 0 Å². The number of aliphatic carboxylic acids is 1. The van der Waals surface area contributed by atoms with Crippen LogP contribution in [0.25, 0.3) is 0 Å². The number of halogens is 6. The predicted octanol–water partition coefficient (Wildman–Crippen LogP) is 2.51. The summed E-state index contributed by atoms with van der Waals surface area (Å²) in [6.45, 7) is 0. The van der Waals surface area contributed by atoms with Crippen molar-refractivity contribution >= 4 is 5.97 Å². The second kappa shape index (κ2) is 4.41.